The number of amides is 1. The number of fused-ring (bicyclic) bond motifs is 1. The van der Waals surface area contributed by atoms with Gasteiger partial charge in [0.25, 0.3) is 0 Å². The summed E-state index contributed by atoms with van der Waals surface area (Å²) in [7, 11) is 1.64. The lowest BCUT2D eigenvalue weighted by Gasteiger charge is -2.13. The Morgan fingerprint density at radius 1 is 1.55 bits per heavy atom. The van der Waals surface area contributed by atoms with Crippen LogP contribution < -0.4 is 5.32 Å². The van der Waals surface area contributed by atoms with Crippen molar-refractivity contribution in [2.45, 2.75) is 39.0 Å². The summed E-state index contributed by atoms with van der Waals surface area (Å²) in [5, 5.41) is 17.4. The van der Waals surface area contributed by atoms with Crippen LogP contribution in [0.3, 0.4) is 0 Å². The fourth-order valence-electron chi connectivity index (χ4n) is 2.51. The number of hydrogen-bond donors (Lipinski definition) is 1. The minimum atomic E-state index is -0.0134. The first-order chi connectivity index (χ1) is 10.8. The van der Waals surface area contributed by atoms with E-state index in [1.807, 2.05) is 5.38 Å². The molecule has 2 aromatic rings. The van der Waals surface area contributed by atoms with Gasteiger partial charge in [-0.1, -0.05) is 0 Å². The van der Waals surface area contributed by atoms with E-state index in [1.54, 1.807) is 23.1 Å². The molecule has 1 amide bonds. The molecule has 0 saturated heterocycles. The maximum Gasteiger partial charge on any atom is 0.223 e. The van der Waals surface area contributed by atoms with E-state index in [-0.39, 0.29) is 11.8 Å². The summed E-state index contributed by atoms with van der Waals surface area (Å²) in [4.78, 5) is 16.7. The zero-order valence-corrected chi connectivity index (χ0v) is 13.2. The lowest BCUT2D eigenvalue weighted by Crippen LogP contribution is -2.30. The summed E-state index contributed by atoms with van der Waals surface area (Å²) >= 11 is 1.54. The van der Waals surface area contributed by atoms with Gasteiger partial charge in [0.05, 0.1) is 18.8 Å². The lowest BCUT2D eigenvalue weighted by atomic mass is 9.99. The number of methoxy groups -OCH3 is 1. The second-order valence-corrected chi connectivity index (χ2v) is 6.17. The predicted molar refractivity (Wildman–Crippen MR) is 78.9 cm³/mol. The molecule has 1 N–H and O–H groups in total. The predicted octanol–water partition coefficient (Wildman–Crippen LogP) is 0.545. The minimum Gasteiger partial charge on any atom is -0.378 e. The molecular formula is C13H18N6O2S. The van der Waals surface area contributed by atoms with Crippen LogP contribution in [0.5, 0.6) is 0 Å². The third-order valence-corrected chi connectivity index (χ3v) is 4.56. The van der Waals surface area contributed by atoms with Gasteiger partial charge in [-0.3, -0.25) is 4.79 Å². The quantitative estimate of drug-likeness (QED) is 0.863. The standard InChI is InChI=1S/C13H18N6O2S/c1-21-7-12-15-10(8-22-12)6-14-13(20)9-2-3-11-16-17-18-19(11)5-4-9/h8-9H,2-7H2,1H3,(H,14,20). The highest BCUT2D eigenvalue weighted by Gasteiger charge is 2.23. The number of ether oxygens (including phenoxy) is 1. The third kappa shape index (κ3) is 3.47. The van der Waals surface area contributed by atoms with Gasteiger partial charge in [-0.05, 0) is 23.3 Å². The molecule has 1 aliphatic rings. The van der Waals surface area contributed by atoms with E-state index in [4.69, 9.17) is 4.74 Å². The lowest BCUT2D eigenvalue weighted by molar-refractivity contribution is -0.125. The minimum absolute atomic E-state index is 0.0134. The average Bonchev–Trinajstić information content (AvgIpc) is 3.11. The van der Waals surface area contributed by atoms with E-state index in [0.717, 1.165) is 35.8 Å². The van der Waals surface area contributed by atoms with Gasteiger partial charge in [0.15, 0.2) is 5.82 Å². The fourth-order valence-corrected chi connectivity index (χ4v) is 3.27. The van der Waals surface area contributed by atoms with Crippen molar-refractivity contribution in [2.24, 2.45) is 5.92 Å². The summed E-state index contributed by atoms with van der Waals surface area (Å²) in [6, 6.07) is 0. The van der Waals surface area contributed by atoms with E-state index < -0.39 is 0 Å². The number of nitrogens with zero attached hydrogens (tertiary/aromatic N) is 5. The van der Waals surface area contributed by atoms with E-state index >= 15 is 0 Å². The van der Waals surface area contributed by atoms with Gasteiger partial charge in [0, 0.05) is 31.4 Å². The van der Waals surface area contributed by atoms with Crippen LogP contribution in [0.25, 0.3) is 0 Å². The Kier molecular flexibility index (Phi) is 4.74. The van der Waals surface area contributed by atoms with Crippen molar-refractivity contribution in [3.05, 3.63) is 21.9 Å². The average molecular weight is 322 g/mol. The van der Waals surface area contributed by atoms with Gasteiger partial charge in [0.2, 0.25) is 5.91 Å². The number of carbonyl (C=O) groups is 1. The molecule has 8 nitrogen and oxygen atoms in total. The smallest absolute Gasteiger partial charge is 0.223 e. The number of nitrogens with one attached hydrogen (secondary N) is 1. The molecule has 0 spiro atoms. The molecule has 0 aliphatic carbocycles. The van der Waals surface area contributed by atoms with Gasteiger partial charge in [-0.25, -0.2) is 9.67 Å². The zero-order chi connectivity index (χ0) is 15.4. The second kappa shape index (κ2) is 6.93. The van der Waals surface area contributed by atoms with Crippen molar-refractivity contribution in [3.63, 3.8) is 0 Å². The zero-order valence-electron chi connectivity index (χ0n) is 12.4. The number of tetrazole rings is 1. The molecule has 0 aromatic carbocycles. The topological polar surface area (TPSA) is 94.8 Å². The molecule has 22 heavy (non-hydrogen) atoms. The van der Waals surface area contributed by atoms with Crippen LogP contribution in [0.4, 0.5) is 0 Å². The fraction of sp³-hybridized carbons (Fsp3) is 0.615. The maximum atomic E-state index is 12.3. The van der Waals surface area contributed by atoms with E-state index in [0.29, 0.717) is 19.7 Å². The van der Waals surface area contributed by atoms with Crippen molar-refractivity contribution < 1.29 is 9.53 Å². The molecule has 0 bridgehead atoms. The molecule has 1 aliphatic heterocycles. The van der Waals surface area contributed by atoms with E-state index in [1.165, 1.54) is 0 Å². The molecule has 1 atom stereocenters. The third-order valence-electron chi connectivity index (χ3n) is 3.69. The highest BCUT2D eigenvalue weighted by molar-refractivity contribution is 7.09. The summed E-state index contributed by atoms with van der Waals surface area (Å²) in [5.74, 6) is 0.916. The number of aromatic nitrogens is 5. The first-order valence-electron chi connectivity index (χ1n) is 7.21. The second-order valence-electron chi connectivity index (χ2n) is 5.23. The van der Waals surface area contributed by atoms with Crippen LogP contribution in [0.15, 0.2) is 5.38 Å². The van der Waals surface area contributed by atoms with Crippen molar-refractivity contribution in [2.75, 3.05) is 7.11 Å². The summed E-state index contributed by atoms with van der Waals surface area (Å²) in [6.07, 6.45) is 2.27. The molecule has 118 valence electrons. The Hall–Kier alpha value is -1.87. The molecule has 2 aromatic heterocycles. The number of aryl methyl sites for hydroxylation is 2. The van der Waals surface area contributed by atoms with Crippen LogP contribution in [-0.4, -0.2) is 38.2 Å². The number of thiazole rings is 1. The van der Waals surface area contributed by atoms with Crippen LogP contribution in [0.2, 0.25) is 0 Å². The molecule has 0 fully saturated rings. The summed E-state index contributed by atoms with van der Waals surface area (Å²) in [5.41, 5.74) is 0.873. The summed E-state index contributed by atoms with van der Waals surface area (Å²) in [6.45, 7) is 1.66. The van der Waals surface area contributed by atoms with E-state index in [9.17, 15) is 4.79 Å². The maximum absolute atomic E-state index is 12.3. The van der Waals surface area contributed by atoms with E-state index in [2.05, 4.69) is 25.8 Å². The molecule has 1 unspecified atom stereocenters. The first kappa shape index (κ1) is 15.0. The van der Waals surface area contributed by atoms with Crippen molar-refractivity contribution >= 4 is 17.2 Å². The van der Waals surface area contributed by atoms with Crippen molar-refractivity contribution in [3.8, 4) is 0 Å². The van der Waals surface area contributed by atoms with Crippen molar-refractivity contribution in [1.82, 2.24) is 30.5 Å². The van der Waals surface area contributed by atoms with Gasteiger partial charge >= 0.3 is 0 Å². The van der Waals surface area contributed by atoms with Crippen LogP contribution in [-0.2, 0) is 35.6 Å². The Morgan fingerprint density at radius 3 is 3.32 bits per heavy atom. The Labute approximate surface area is 131 Å². The number of carbonyl (C=O) groups excluding carboxylic acids is 1. The molecular weight excluding hydrogens is 304 g/mol. The normalized spacial score (nSPS) is 17.8. The Balaban J connectivity index is 1.50. The molecule has 0 radical (unpaired) electrons. The monoisotopic (exact) mass is 322 g/mol. The number of rotatable bonds is 5. The first-order valence-corrected chi connectivity index (χ1v) is 8.09. The van der Waals surface area contributed by atoms with Crippen LogP contribution in [0, 0.1) is 5.92 Å². The van der Waals surface area contributed by atoms with Gasteiger partial charge < -0.3 is 10.1 Å². The molecule has 0 saturated carbocycles. The van der Waals surface area contributed by atoms with Crippen LogP contribution in [0.1, 0.15) is 29.4 Å². The largest absolute Gasteiger partial charge is 0.378 e. The molecule has 3 heterocycles. The summed E-state index contributed by atoms with van der Waals surface area (Å²) < 4.78 is 6.82. The SMILES string of the molecule is COCc1nc(CNC(=O)C2CCc3nnnn3CC2)cs1. The molecule has 3 rings (SSSR count). The van der Waals surface area contributed by atoms with Gasteiger partial charge in [-0.2, -0.15) is 0 Å². The Bertz CT molecular complexity index is 618. The van der Waals surface area contributed by atoms with Crippen molar-refractivity contribution in [1.29, 1.82) is 0 Å². The van der Waals surface area contributed by atoms with Gasteiger partial charge in [0.1, 0.15) is 5.01 Å². The van der Waals surface area contributed by atoms with Gasteiger partial charge in [-0.15, -0.1) is 16.4 Å². The highest BCUT2D eigenvalue weighted by atomic mass is 32.1. The van der Waals surface area contributed by atoms with Crippen LogP contribution >= 0.6 is 11.3 Å². The highest BCUT2D eigenvalue weighted by Crippen LogP contribution is 2.18. The number of hydrogen-bond acceptors (Lipinski definition) is 7. The Morgan fingerprint density at radius 2 is 2.45 bits per heavy atom. The molecule has 9 heteroatoms.